The summed E-state index contributed by atoms with van der Waals surface area (Å²) in [5, 5.41) is 18.6. The largest absolute Gasteiger partial charge is 0.476 e. The van der Waals surface area contributed by atoms with Gasteiger partial charge in [-0.1, -0.05) is 70.5 Å². The zero-order valence-corrected chi connectivity index (χ0v) is 20.7. The molecule has 12 heteroatoms. The summed E-state index contributed by atoms with van der Waals surface area (Å²) in [6, 6.07) is 14.1. The highest BCUT2D eigenvalue weighted by Crippen LogP contribution is 2.45. The summed E-state index contributed by atoms with van der Waals surface area (Å²) in [5.74, 6) is -1.16. The molecular formula is C23H21Cl2N3O6S. The first kappa shape index (κ1) is 24.5. The fraction of sp³-hybridized carbons (Fsp3) is 0.348. The quantitative estimate of drug-likeness (QED) is 0.487. The van der Waals surface area contributed by atoms with Gasteiger partial charge >= 0.3 is 5.97 Å². The molecule has 0 saturated carbocycles. The van der Waals surface area contributed by atoms with Crippen molar-refractivity contribution in [2.24, 2.45) is 0 Å². The van der Waals surface area contributed by atoms with Gasteiger partial charge in [0, 0.05) is 17.6 Å². The maximum Gasteiger partial charge on any atom is 0.355 e. The Labute approximate surface area is 215 Å². The summed E-state index contributed by atoms with van der Waals surface area (Å²) in [7, 11) is 1.54. The first-order valence-corrected chi connectivity index (χ1v) is 12.3. The number of benzene rings is 2. The summed E-state index contributed by atoms with van der Waals surface area (Å²) in [5.41, 5.74) is 0.195. The Morgan fingerprint density at radius 3 is 2.69 bits per heavy atom. The molecule has 1 unspecified atom stereocenters. The Hall–Kier alpha value is -2.18. The lowest BCUT2D eigenvalue weighted by Crippen LogP contribution is -2.59. The van der Waals surface area contributed by atoms with Gasteiger partial charge in [0.05, 0.1) is 22.8 Å². The standard InChI is InChI=1S/C23H21Cl2N3O6S/c1-31-20-18(28-16(21(29)30)10-26-27-28)19-17(11-32-22(34-19)12-5-3-2-4-6-12)33-23(20)35-13-7-8-14(24)15(25)9-13/h2-10,17-20,22-23H,11H2,1H3,(H,29,30)/t17-,18+,19+,20-,22?,23-/m1/s1. The molecule has 3 heterocycles. The van der Waals surface area contributed by atoms with Crippen molar-refractivity contribution in [3.63, 3.8) is 0 Å². The molecule has 3 aromatic rings. The summed E-state index contributed by atoms with van der Waals surface area (Å²) in [6.45, 7) is 0.229. The van der Waals surface area contributed by atoms with Crippen LogP contribution in [0, 0.1) is 0 Å². The first-order valence-electron chi connectivity index (χ1n) is 10.7. The van der Waals surface area contributed by atoms with Gasteiger partial charge in [-0.15, -0.1) is 5.10 Å². The molecule has 2 fully saturated rings. The molecule has 35 heavy (non-hydrogen) atoms. The Kier molecular flexibility index (Phi) is 7.31. The summed E-state index contributed by atoms with van der Waals surface area (Å²) < 4.78 is 25.9. The van der Waals surface area contributed by atoms with Crippen molar-refractivity contribution in [1.29, 1.82) is 0 Å². The number of nitrogens with zero attached hydrogens (tertiary/aromatic N) is 3. The predicted octanol–water partition coefficient (Wildman–Crippen LogP) is 4.47. The van der Waals surface area contributed by atoms with Crippen molar-refractivity contribution >= 4 is 40.9 Å². The first-order chi connectivity index (χ1) is 17.0. The summed E-state index contributed by atoms with van der Waals surface area (Å²) >= 11 is 13.7. The van der Waals surface area contributed by atoms with Crippen LogP contribution in [0.3, 0.4) is 0 Å². The smallest absolute Gasteiger partial charge is 0.355 e. The maximum absolute atomic E-state index is 11.9. The van der Waals surface area contributed by atoms with E-state index >= 15 is 0 Å². The molecule has 9 nitrogen and oxygen atoms in total. The molecule has 2 aliphatic rings. The number of hydrogen-bond acceptors (Lipinski definition) is 8. The van der Waals surface area contributed by atoms with Gasteiger partial charge in [0.2, 0.25) is 0 Å². The van der Waals surface area contributed by atoms with Crippen LogP contribution in [-0.4, -0.2) is 63.5 Å². The Balaban J connectivity index is 1.51. The van der Waals surface area contributed by atoms with E-state index < -0.39 is 42.0 Å². The van der Waals surface area contributed by atoms with Crippen LogP contribution in [-0.2, 0) is 18.9 Å². The highest BCUT2D eigenvalue weighted by molar-refractivity contribution is 7.99. The van der Waals surface area contributed by atoms with Crippen LogP contribution in [0.1, 0.15) is 28.4 Å². The number of carboxylic acid groups (broad SMARTS) is 1. The number of aromatic nitrogens is 3. The number of methoxy groups -OCH3 is 1. The van der Waals surface area contributed by atoms with Crippen molar-refractivity contribution in [2.75, 3.05) is 13.7 Å². The molecule has 0 bridgehead atoms. The molecule has 0 radical (unpaired) electrons. The Bertz CT molecular complexity index is 1200. The predicted molar refractivity (Wildman–Crippen MR) is 128 cm³/mol. The molecule has 1 N–H and O–H groups in total. The highest BCUT2D eigenvalue weighted by Gasteiger charge is 2.52. The number of aromatic carboxylic acids is 1. The minimum Gasteiger partial charge on any atom is -0.476 e. The highest BCUT2D eigenvalue weighted by atomic mass is 35.5. The van der Waals surface area contributed by atoms with Crippen molar-refractivity contribution in [2.45, 2.75) is 41.0 Å². The number of carbonyl (C=O) groups is 1. The summed E-state index contributed by atoms with van der Waals surface area (Å²) in [4.78, 5) is 12.7. The van der Waals surface area contributed by atoms with Gasteiger partial charge in [-0.25, -0.2) is 9.48 Å². The van der Waals surface area contributed by atoms with Gasteiger partial charge in [-0.05, 0) is 18.2 Å². The monoisotopic (exact) mass is 537 g/mol. The minimum absolute atomic E-state index is 0.0812. The molecule has 2 saturated heterocycles. The van der Waals surface area contributed by atoms with Crippen LogP contribution in [0.15, 0.2) is 59.6 Å². The van der Waals surface area contributed by atoms with Crippen LogP contribution >= 0.6 is 35.0 Å². The molecule has 2 aliphatic heterocycles. The topological polar surface area (TPSA) is 105 Å². The fourth-order valence-electron chi connectivity index (χ4n) is 4.27. The van der Waals surface area contributed by atoms with Crippen LogP contribution < -0.4 is 0 Å². The Morgan fingerprint density at radius 2 is 1.97 bits per heavy atom. The van der Waals surface area contributed by atoms with Gasteiger partial charge < -0.3 is 24.1 Å². The van der Waals surface area contributed by atoms with E-state index in [1.54, 1.807) is 12.1 Å². The Morgan fingerprint density at radius 1 is 1.17 bits per heavy atom. The third kappa shape index (κ3) is 4.92. The van der Waals surface area contributed by atoms with E-state index in [2.05, 4.69) is 10.3 Å². The normalized spacial score (nSPS) is 28.4. The van der Waals surface area contributed by atoms with Crippen LogP contribution in [0.2, 0.25) is 10.0 Å². The van der Waals surface area contributed by atoms with Gasteiger partial charge in [0.25, 0.3) is 0 Å². The second-order valence-corrected chi connectivity index (χ2v) is 9.96. The number of thioether (sulfide) groups is 1. The van der Waals surface area contributed by atoms with Crippen LogP contribution in [0.5, 0.6) is 0 Å². The molecule has 0 spiro atoms. The second-order valence-electron chi connectivity index (χ2n) is 7.97. The number of rotatable bonds is 6. The van der Waals surface area contributed by atoms with E-state index in [0.717, 1.165) is 10.5 Å². The van der Waals surface area contributed by atoms with Crippen molar-refractivity contribution < 1.29 is 28.8 Å². The number of ether oxygens (including phenoxy) is 4. The molecule has 1 aromatic heterocycles. The fourth-order valence-corrected chi connectivity index (χ4v) is 5.84. The third-order valence-electron chi connectivity index (χ3n) is 5.87. The van der Waals surface area contributed by atoms with Gasteiger partial charge in [-0.3, -0.25) is 0 Å². The van der Waals surface area contributed by atoms with Crippen LogP contribution in [0.4, 0.5) is 0 Å². The van der Waals surface area contributed by atoms with E-state index in [4.69, 9.17) is 42.1 Å². The van der Waals surface area contributed by atoms with Crippen molar-refractivity contribution in [3.8, 4) is 0 Å². The molecule has 184 valence electrons. The molecular weight excluding hydrogens is 517 g/mol. The zero-order valence-electron chi connectivity index (χ0n) is 18.4. The zero-order chi connectivity index (χ0) is 24.5. The minimum atomic E-state index is -1.16. The molecule has 6 atom stereocenters. The lowest BCUT2D eigenvalue weighted by atomic mass is 9.95. The number of carboxylic acids is 1. The average Bonchev–Trinajstić information content (AvgIpc) is 3.36. The maximum atomic E-state index is 11.9. The SMILES string of the molecule is CO[C@@H]1[C@@H](n2nncc2C(=O)O)[C@H]2OC(c3ccccc3)OC[C@H]2O[C@@H]1Sc1ccc(Cl)c(Cl)c1. The number of fused-ring (bicyclic) bond motifs is 1. The van der Waals surface area contributed by atoms with Gasteiger partial charge in [-0.2, -0.15) is 0 Å². The van der Waals surface area contributed by atoms with Crippen molar-refractivity contribution in [3.05, 3.63) is 76.0 Å². The van der Waals surface area contributed by atoms with Gasteiger partial charge in [0.15, 0.2) is 12.0 Å². The summed E-state index contributed by atoms with van der Waals surface area (Å²) in [6.07, 6.45) is -1.24. The number of halogens is 2. The van der Waals surface area contributed by atoms with Crippen molar-refractivity contribution in [1.82, 2.24) is 15.0 Å². The lowest BCUT2D eigenvalue weighted by Gasteiger charge is -2.49. The van der Waals surface area contributed by atoms with E-state index in [1.807, 2.05) is 36.4 Å². The van der Waals surface area contributed by atoms with E-state index in [9.17, 15) is 9.90 Å². The third-order valence-corrected chi connectivity index (χ3v) is 7.75. The van der Waals surface area contributed by atoms with Gasteiger partial charge in [0.1, 0.15) is 29.8 Å². The van der Waals surface area contributed by atoms with E-state index in [-0.39, 0.29) is 12.3 Å². The second kappa shape index (κ2) is 10.4. The average molecular weight is 538 g/mol. The molecule has 5 rings (SSSR count). The van der Waals surface area contributed by atoms with Crippen LogP contribution in [0.25, 0.3) is 0 Å². The molecule has 0 aliphatic carbocycles. The lowest BCUT2D eigenvalue weighted by molar-refractivity contribution is -0.308. The van der Waals surface area contributed by atoms with E-state index in [0.29, 0.717) is 10.0 Å². The molecule has 2 aromatic carbocycles. The molecule has 0 amide bonds. The number of hydrogen-bond donors (Lipinski definition) is 1. The van der Waals surface area contributed by atoms with E-state index in [1.165, 1.54) is 29.8 Å².